The molecule has 170 valence electrons. The number of amides is 3. The van der Waals surface area contributed by atoms with Crippen LogP contribution in [-0.2, 0) is 9.59 Å². The SMILES string of the molecule is COc1ccc(C(=O)N(CC(C)C)C2CC(C(=O)NCCN)N(C(=O)C3CC3)C2)cc1. The van der Waals surface area contributed by atoms with Gasteiger partial charge < -0.3 is 25.6 Å². The molecule has 0 spiro atoms. The van der Waals surface area contributed by atoms with E-state index in [1.54, 1.807) is 36.3 Å². The molecule has 1 aliphatic heterocycles. The van der Waals surface area contributed by atoms with E-state index in [0.29, 0.717) is 43.9 Å². The molecule has 1 aromatic rings. The zero-order chi connectivity index (χ0) is 22.5. The largest absolute Gasteiger partial charge is 0.497 e. The van der Waals surface area contributed by atoms with Gasteiger partial charge in [-0.1, -0.05) is 13.8 Å². The molecule has 2 fully saturated rings. The Hall–Kier alpha value is -2.61. The molecule has 1 aliphatic carbocycles. The van der Waals surface area contributed by atoms with Gasteiger partial charge in [0.15, 0.2) is 0 Å². The van der Waals surface area contributed by atoms with Gasteiger partial charge >= 0.3 is 0 Å². The summed E-state index contributed by atoms with van der Waals surface area (Å²) in [5.74, 6) is 0.688. The van der Waals surface area contributed by atoms with E-state index in [4.69, 9.17) is 10.5 Å². The van der Waals surface area contributed by atoms with Crippen LogP contribution in [0, 0.1) is 11.8 Å². The minimum atomic E-state index is -0.567. The standard InChI is InChI=1S/C23H34N4O4/c1-15(2)13-26(22(29)17-6-8-19(31-3)9-7-17)18-12-20(21(28)25-11-10-24)27(14-18)23(30)16-4-5-16/h6-9,15-16,18,20H,4-5,10-14,24H2,1-3H3,(H,25,28). The normalized spacial score (nSPS) is 20.6. The van der Waals surface area contributed by atoms with E-state index in [1.807, 2.05) is 4.90 Å². The lowest BCUT2D eigenvalue weighted by Gasteiger charge is -2.31. The summed E-state index contributed by atoms with van der Waals surface area (Å²) in [6.07, 6.45) is 2.18. The van der Waals surface area contributed by atoms with Gasteiger partial charge in [0.25, 0.3) is 5.91 Å². The first-order chi connectivity index (χ1) is 14.8. The van der Waals surface area contributed by atoms with E-state index in [-0.39, 0.29) is 35.6 Å². The lowest BCUT2D eigenvalue weighted by molar-refractivity contribution is -0.139. The number of nitrogens with zero attached hydrogens (tertiary/aromatic N) is 2. The maximum atomic E-state index is 13.4. The Morgan fingerprint density at radius 1 is 1.23 bits per heavy atom. The zero-order valence-corrected chi connectivity index (χ0v) is 18.7. The summed E-state index contributed by atoms with van der Waals surface area (Å²) >= 11 is 0. The molecule has 3 amide bonds. The fourth-order valence-electron chi connectivity index (χ4n) is 4.10. The number of rotatable bonds is 9. The van der Waals surface area contributed by atoms with Crippen LogP contribution in [0.15, 0.2) is 24.3 Å². The van der Waals surface area contributed by atoms with Crippen molar-refractivity contribution in [1.82, 2.24) is 15.1 Å². The number of nitrogens with two attached hydrogens (primary N) is 1. The van der Waals surface area contributed by atoms with E-state index in [2.05, 4.69) is 19.2 Å². The average molecular weight is 431 g/mol. The van der Waals surface area contributed by atoms with Crippen molar-refractivity contribution in [1.29, 1.82) is 0 Å². The molecule has 2 atom stereocenters. The first-order valence-corrected chi connectivity index (χ1v) is 11.1. The maximum Gasteiger partial charge on any atom is 0.254 e. The summed E-state index contributed by atoms with van der Waals surface area (Å²) in [6.45, 7) is 5.76. The van der Waals surface area contributed by atoms with Gasteiger partial charge in [0.2, 0.25) is 11.8 Å². The molecule has 1 saturated heterocycles. The van der Waals surface area contributed by atoms with Gasteiger partial charge in [0, 0.05) is 37.7 Å². The molecule has 1 heterocycles. The van der Waals surface area contributed by atoms with E-state index in [0.717, 1.165) is 12.8 Å². The van der Waals surface area contributed by atoms with Gasteiger partial charge in [0.05, 0.1) is 13.2 Å². The monoisotopic (exact) mass is 430 g/mol. The Bertz CT molecular complexity index is 791. The molecule has 3 rings (SSSR count). The van der Waals surface area contributed by atoms with E-state index in [9.17, 15) is 14.4 Å². The number of benzene rings is 1. The second kappa shape index (κ2) is 10.1. The highest BCUT2D eigenvalue weighted by molar-refractivity contribution is 5.95. The minimum absolute atomic E-state index is 0.0133. The molecule has 8 heteroatoms. The summed E-state index contributed by atoms with van der Waals surface area (Å²) in [4.78, 5) is 42.6. The van der Waals surface area contributed by atoms with Gasteiger partial charge in [-0.2, -0.15) is 0 Å². The zero-order valence-electron chi connectivity index (χ0n) is 18.7. The van der Waals surface area contributed by atoms with Crippen LogP contribution in [0.3, 0.4) is 0 Å². The fraction of sp³-hybridized carbons (Fsp3) is 0.609. The quantitative estimate of drug-likeness (QED) is 0.613. The van der Waals surface area contributed by atoms with Crippen LogP contribution >= 0.6 is 0 Å². The van der Waals surface area contributed by atoms with E-state index < -0.39 is 6.04 Å². The highest BCUT2D eigenvalue weighted by atomic mass is 16.5. The Morgan fingerprint density at radius 3 is 2.45 bits per heavy atom. The molecule has 1 aromatic carbocycles. The van der Waals surface area contributed by atoms with Crippen LogP contribution in [0.25, 0.3) is 0 Å². The second-order valence-electron chi connectivity index (χ2n) is 8.83. The third kappa shape index (κ3) is 5.55. The first-order valence-electron chi connectivity index (χ1n) is 11.1. The van der Waals surface area contributed by atoms with Gasteiger partial charge in [0.1, 0.15) is 11.8 Å². The van der Waals surface area contributed by atoms with Crippen molar-refractivity contribution in [2.75, 3.05) is 33.3 Å². The number of likely N-dealkylation sites (tertiary alicyclic amines) is 1. The first kappa shape index (κ1) is 23.1. The summed E-state index contributed by atoms with van der Waals surface area (Å²) in [5.41, 5.74) is 6.09. The Morgan fingerprint density at radius 2 is 1.90 bits per heavy atom. The summed E-state index contributed by atoms with van der Waals surface area (Å²) in [7, 11) is 1.59. The van der Waals surface area contributed by atoms with Crippen LogP contribution in [0.4, 0.5) is 0 Å². The number of nitrogens with one attached hydrogen (secondary N) is 1. The number of methoxy groups -OCH3 is 1. The smallest absolute Gasteiger partial charge is 0.254 e. The van der Waals surface area contributed by atoms with Gasteiger partial charge in [-0.15, -0.1) is 0 Å². The topological polar surface area (TPSA) is 105 Å². The second-order valence-corrected chi connectivity index (χ2v) is 8.83. The summed E-state index contributed by atoms with van der Waals surface area (Å²) < 4.78 is 5.19. The van der Waals surface area contributed by atoms with Crippen molar-refractivity contribution in [3.05, 3.63) is 29.8 Å². The number of ether oxygens (including phenoxy) is 1. The molecule has 3 N–H and O–H groups in total. The molecule has 31 heavy (non-hydrogen) atoms. The molecule has 0 radical (unpaired) electrons. The lowest BCUT2D eigenvalue weighted by atomic mass is 10.1. The number of carbonyl (C=O) groups excluding carboxylic acids is 3. The number of hydrogen-bond donors (Lipinski definition) is 2. The van der Waals surface area contributed by atoms with Crippen LogP contribution in [0.5, 0.6) is 5.75 Å². The van der Waals surface area contributed by atoms with Crippen molar-refractivity contribution in [2.24, 2.45) is 17.6 Å². The van der Waals surface area contributed by atoms with Crippen molar-refractivity contribution < 1.29 is 19.1 Å². The predicted molar refractivity (Wildman–Crippen MR) is 118 cm³/mol. The van der Waals surface area contributed by atoms with E-state index >= 15 is 0 Å². The van der Waals surface area contributed by atoms with Crippen LogP contribution in [0.1, 0.15) is 43.5 Å². The van der Waals surface area contributed by atoms with E-state index in [1.165, 1.54) is 0 Å². The summed E-state index contributed by atoms with van der Waals surface area (Å²) in [5, 5.41) is 2.82. The Labute approximate surface area is 184 Å². The van der Waals surface area contributed by atoms with Crippen LogP contribution in [-0.4, -0.2) is 72.9 Å². The van der Waals surface area contributed by atoms with Crippen molar-refractivity contribution in [2.45, 2.75) is 45.2 Å². The third-order valence-corrected chi connectivity index (χ3v) is 5.84. The van der Waals surface area contributed by atoms with Crippen molar-refractivity contribution in [3.63, 3.8) is 0 Å². The number of carbonyl (C=O) groups is 3. The van der Waals surface area contributed by atoms with Crippen LogP contribution < -0.4 is 15.8 Å². The van der Waals surface area contributed by atoms with Crippen molar-refractivity contribution >= 4 is 17.7 Å². The third-order valence-electron chi connectivity index (χ3n) is 5.84. The number of hydrogen-bond acceptors (Lipinski definition) is 5. The molecule has 0 aromatic heterocycles. The summed E-state index contributed by atoms with van der Waals surface area (Å²) in [6, 6.07) is 6.25. The molecule has 1 saturated carbocycles. The molecule has 2 aliphatic rings. The highest BCUT2D eigenvalue weighted by Crippen LogP contribution is 2.35. The Kier molecular flexibility index (Phi) is 7.54. The molecular formula is C23H34N4O4. The Balaban J connectivity index is 1.82. The lowest BCUT2D eigenvalue weighted by Crippen LogP contribution is -2.47. The van der Waals surface area contributed by atoms with Gasteiger partial charge in [-0.25, -0.2) is 0 Å². The maximum absolute atomic E-state index is 13.4. The average Bonchev–Trinajstić information content (AvgIpc) is 3.53. The molecule has 0 bridgehead atoms. The molecular weight excluding hydrogens is 396 g/mol. The fourth-order valence-corrected chi connectivity index (χ4v) is 4.10. The molecule has 2 unspecified atom stereocenters. The molecule has 8 nitrogen and oxygen atoms in total. The van der Waals surface area contributed by atoms with Crippen LogP contribution in [0.2, 0.25) is 0 Å². The van der Waals surface area contributed by atoms with Gasteiger partial charge in [-0.3, -0.25) is 14.4 Å². The minimum Gasteiger partial charge on any atom is -0.497 e. The van der Waals surface area contributed by atoms with Gasteiger partial charge in [-0.05, 0) is 49.4 Å². The van der Waals surface area contributed by atoms with Crippen molar-refractivity contribution in [3.8, 4) is 5.75 Å². The predicted octanol–water partition coefficient (Wildman–Crippen LogP) is 1.25. The highest BCUT2D eigenvalue weighted by Gasteiger charge is 2.46.